The van der Waals surface area contributed by atoms with E-state index >= 15 is 0 Å². The number of pyridine rings is 1. The molecule has 0 aromatic carbocycles. The van der Waals surface area contributed by atoms with Crippen LogP contribution in [0.1, 0.15) is 50.6 Å². The fraction of sp³-hybridized carbons (Fsp3) is 0.533. The van der Waals surface area contributed by atoms with Crippen molar-refractivity contribution in [1.29, 1.82) is 0 Å². The summed E-state index contributed by atoms with van der Waals surface area (Å²) in [5.41, 5.74) is 0.768. The fourth-order valence-electron chi connectivity index (χ4n) is 1.74. The summed E-state index contributed by atoms with van der Waals surface area (Å²) >= 11 is 0. The van der Waals surface area contributed by atoms with Gasteiger partial charge < -0.3 is 9.53 Å². The number of aldehydes is 1. The molecule has 0 unspecified atom stereocenters. The van der Waals surface area contributed by atoms with Gasteiger partial charge in [0.1, 0.15) is 12.9 Å². The Labute approximate surface area is 114 Å². The van der Waals surface area contributed by atoms with Gasteiger partial charge in [0.2, 0.25) is 0 Å². The maximum Gasteiger partial charge on any atom is 0.306 e. The highest BCUT2D eigenvalue weighted by Gasteiger charge is 2.03. The molecule has 0 aliphatic rings. The van der Waals surface area contributed by atoms with E-state index in [0.717, 1.165) is 44.1 Å². The van der Waals surface area contributed by atoms with Gasteiger partial charge in [0.15, 0.2) is 0 Å². The molecule has 4 heteroatoms. The second kappa shape index (κ2) is 10.2. The summed E-state index contributed by atoms with van der Waals surface area (Å²) in [5.74, 6) is -0.168. The number of rotatable bonds is 10. The molecule has 1 aromatic rings. The van der Waals surface area contributed by atoms with Crippen LogP contribution in [0.5, 0.6) is 0 Å². The lowest BCUT2D eigenvalue weighted by Crippen LogP contribution is -2.05. The predicted molar refractivity (Wildman–Crippen MR) is 72.4 cm³/mol. The van der Waals surface area contributed by atoms with Crippen molar-refractivity contribution >= 4 is 12.3 Å². The zero-order valence-corrected chi connectivity index (χ0v) is 11.2. The van der Waals surface area contributed by atoms with Crippen molar-refractivity contribution in [3.8, 4) is 0 Å². The maximum atomic E-state index is 11.5. The first-order valence-corrected chi connectivity index (χ1v) is 6.82. The molecule has 19 heavy (non-hydrogen) atoms. The fourth-order valence-corrected chi connectivity index (χ4v) is 1.74. The van der Waals surface area contributed by atoms with Crippen LogP contribution in [0.15, 0.2) is 24.4 Å². The van der Waals surface area contributed by atoms with E-state index in [4.69, 9.17) is 4.74 Å². The van der Waals surface area contributed by atoms with E-state index in [1.807, 2.05) is 18.2 Å². The van der Waals surface area contributed by atoms with Gasteiger partial charge in [0.25, 0.3) is 0 Å². The Morgan fingerprint density at radius 2 is 1.95 bits per heavy atom. The summed E-state index contributed by atoms with van der Waals surface area (Å²) in [6, 6.07) is 5.53. The average Bonchev–Trinajstić information content (AvgIpc) is 2.45. The highest BCUT2D eigenvalue weighted by atomic mass is 16.5. The molecule has 104 valence electrons. The molecule has 0 saturated carbocycles. The Bertz CT molecular complexity index is 365. The van der Waals surface area contributed by atoms with E-state index in [0.29, 0.717) is 12.8 Å². The number of carbonyl (C=O) groups excluding carboxylic acids is 2. The Kier molecular flexibility index (Phi) is 8.27. The molecule has 1 heterocycles. The molecule has 1 aromatic heterocycles. The summed E-state index contributed by atoms with van der Waals surface area (Å²) in [5, 5.41) is 0. The lowest BCUT2D eigenvalue weighted by atomic mass is 10.1. The van der Waals surface area contributed by atoms with Crippen molar-refractivity contribution in [3.05, 3.63) is 30.1 Å². The Hall–Kier alpha value is -1.71. The van der Waals surface area contributed by atoms with Gasteiger partial charge in [-0.05, 0) is 25.0 Å². The van der Waals surface area contributed by atoms with Crippen molar-refractivity contribution in [2.24, 2.45) is 0 Å². The number of aromatic nitrogens is 1. The van der Waals surface area contributed by atoms with E-state index in [-0.39, 0.29) is 12.6 Å². The second-order valence-electron chi connectivity index (χ2n) is 4.45. The largest absolute Gasteiger partial charge is 0.459 e. The smallest absolute Gasteiger partial charge is 0.306 e. The predicted octanol–water partition coefficient (Wildman–Crippen LogP) is 3.05. The van der Waals surface area contributed by atoms with Gasteiger partial charge in [-0.2, -0.15) is 0 Å². The lowest BCUT2D eigenvalue weighted by Gasteiger charge is -2.04. The molecule has 4 nitrogen and oxygen atoms in total. The summed E-state index contributed by atoms with van der Waals surface area (Å²) in [6.07, 6.45) is 8.68. The molecular weight excluding hydrogens is 242 g/mol. The molecular formula is C15H21NO3. The number of ether oxygens (including phenoxy) is 1. The van der Waals surface area contributed by atoms with Crippen LogP contribution in [-0.4, -0.2) is 17.2 Å². The second-order valence-corrected chi connectivity index (χ2v) is 4.45. The Balaban J connectivity index is 1.98. The van der Waals surface area contributed by atoms with E-state index in [9.17, 15) is 9.59 Å². The van der Waals surface area contributed by atoms with E-state index in [1.165, 1.54) is 0 Å². The molecule has 0 atom stereocenters. The van der Waals surface area contributed by atoms with E-state index < -0.39 is 0 Å². The number of carbonyl (C=O) groups is 2. The Morgan fingerprint density at radius 3 is 2.68 bits per heavy atom. The molecule has 0 aliphatic carbocycles. The Morgan fingerprint density at radius 1 is 1.16 bits per heavy atom. The van der Waals surface area contributed by atoms with Crippen LogP contribution < -0.4 is 0 Å². The minimum Gasteiger partial charge on any atom is -0.459 e. The van der Waals surface area contributed by atoms with Crippen LogP contribution in [-0.2, 0) is 20.9 Å². The van der Waals surface area contributed by atoms with Gasteiger partial charge in [-0.3, -0.25) is 9.78 Å². The molecule has 0 bridgehead atoms. The molecule has 0 spiro atoms. The van der Waals surface area contributed by atoms with Crippen LogP contribution in [0.25, 0.3) is 0 Å². The zero-order chi connectivity index (χ0) is 13.8. The number of hydrogen-bond donors (Lipinski definition) is 0. The summed E-state index contributed by atoms with van der Waals surface area (Å²) in [4.78, 5) is 25.6. The average molecular weight is 263 g/mol. The summed E-state index contributed by atoms with van der Waals surface area (Å²) < 4.78 is 5.13. The SMILES string of the molecule is O=CCCCCCCCC(=O)OCc1ccccn1. The third-order valence-corrected chi connectivity index (χ3v) is 2.81. The summed E-state index contributed by atoms with van der Waals surface area (Å²) in [6.45, 7) is 0.249. The third-order valence-electron chi connectivity index (χ3n) is 2.81. The first kappa shape index (κ1) is 15.3. The van der Waals surface area contributed by atoms with Gasteiger partial charge in [-0.25, -0.2) is 0 Å². The van der Waals surface area contributed by atoms with Crippen molar-refractivity contribution in [3.63, 3.8) is 0 Å². The monoisotopic (exact) mass is 263 g/mol. The van der Waals surface area contributed by atoms with Crippen LogP contribution in [0.2, 0.25) is 0 Å². The molecule has 0 radical (unpaired) electrons. The lowest BCUT2D eigenvalue weighted by molar-refractivity contribution is -0.145. The van der Waals surface area contributed by atoms with Gasteiger partial charge in [0, 0.05) is 19.0 Å². The topological polar surface area (TPSA) is 56.3 Å². The van der Waals surface area contributed by atoms with Crippen molar-refractivity contribution in [1.82, 2.24) is 4.98 Å². The van der Waals surface area contributed by atoms with Crippen LogP contribution in [0.4, 0.5) is 0 Å². The van der Waals surface area contributed by atoms with Crippen molar-refractivity contribution in [2.75, 3.05) is 0 Å². The highest BCUT2D eigenvalue weighted by Crippen LogP contribution is 2.07. The first-order chi connectivity index (χ1) is 9.33. The number of esters is 1. The summed E-state index contributed by atoms with van der Waals surface area (Å²) in [7, 11) is 0. The minimum atomic E-state index is -0.168. The molecule has 0 N–H and O–H groups in total. The van der Waals surface area contributed by atoms with Crippen molar-refractivity contribution < 1.29 is 14.3 Å². The van der Waals surface area contributed by atoms with E-state index in [1.54, 1.807) is 6.20 Å². The van der Waals surface area contributed by atoms with Gasteiger partial charge in [-0.15, -0.1) is 0 Å². The zero-order valence-electron chi connectivity index (χ0n) is 11.2. The van der Waals surface area contributed by atoms with Gasteiger partial charge >= 0.3 is 5.97 Å². The highest BCUT2D eigenvalue weighted by molar-refractivity contribution is 5.69. The molecule has 1 rings (SSSR count). The van der Waals surface area contributed by atoms with Crippen LogP contribution in [0.3, 0.4) is 0 Å². The molecule has 0 fully saturated rings. The first-order valence-electron chi connectivity index (χ1n) is 6.82. The maximum absolute atomic E-state index is 11.5. The minimum absolute atomic E-state index is 0.168. The third kappa shape index (κ3) is 8.08. The van der Waals surface area contributed by atoms with Crippen LogP contribution >= 0.6 is 0 Å². The number of nitrogens with zero attached hydrogens (tertiary/aromatic N) is 1. The molecule has 0 saturated heterocycles. The number of unbranched alkanes of at least 4 members (excludes halogenated alkanes) is 5. The van der Waals surface area contributed by atoms with Gasteiger partial charge in [-0.1, -0.05) is 25.3 Å². The van der Waals surface area contributed by atoms with Crippen LogP contribution in [0, 0.1) is 0 Å². The molecule has 0 aliphatic heterocycles. The molecule has 0 amide bonds. The van der Waals surface area contributed by atoms with Crippen molar-refractivity contribution in [2.45, 2.75) is 51.6 Å². The number of hydrogen-bond acceptors (Lipinski definition) is 4. The van der Waals surface area contributed by atoms with E-state index in [2.05, 4.69) is 4.98 Å². The standard InChI is InChI=1S/C15H21NO3/c17-12-8-4-2-1-3-5-10-15(18)19-13-14-9-6-7-11-16-14/h6-7,9,11-12H,1-5,8,10,13H2. The quantitative estimate of drug-likeness (QED) is 0.370. The normalized spacial score (nSPS) is 10.1. The van der Waals surface area contributed by atoms with Gasteiger partial charge in [0.05, 0.1) is 5.69 Å².